The number of hydrogen-bond acceptors (Lipinski definition) is 6. The summed E-state index contributed by atoms with van der Waals surface area (Å²) in [5, 5.41) is 24.1. The third kappa shape index (κ3) is 7.66. The molecule has 3 aromatic rings. The van der Waals surface area contributed by atoms with E-state index < -0.39 is 65.8 Å². The number of nitrogens with zero attached hydrogens (tertiary/aromatic N) is 2. The fourth-order valence-electron chi connectivity index (χ4n) is 5.67. The minimum absolute atomic E-state index is 0.0105. The molecule has 4 N–H and O–H groups in total. The van der Waals surface area contributed by atoms with E-state index in [0.29, 0.717) is 5.56 Å². The van der Waals surface area contributed by atoms with Crippen molar-refractivity contribution in [2.24, 2.45) is 5.92 Å². The monoisotopic (exact) mass is 642 g/mol. The molecule has 2 unspecified atom stereocenters. The third-order valence-corrected chi connectivity index (χ3v) is 8.12. The molecule has 1 aliphatic heterocycles. The average molecular weight is 643 g/mol. The lowest BCUT2D eigenvalue weighted by Gasteiger charge is -2.32. The Labute approximate surface area is 272 Å². The fraction of sp³-hybridized carbons (Fsp3) is 0.314. The maximum Gasteiger partial charge on any atom is 0.330 e. The summed E-state index contributed by atoms with van der Waals surface area (Å²) in [6.07, 6.45) is -0.868. The molecule has 0 spiro atoms. The number of rotatable bonds is 14. The number of benzene rings is 3. The van der Waals surface area contributed by atoms with Crippen LogP contribution >= 0.6 is 0 Å². The first kappa shape index (κ1) is 34.4. The smallest absolute Gasteiger partial charge is 0.330 e. The van der Waals surface area contributed by atoms with Crippen LogP contribution in [0.5, 0.6) is 0 Å². The van der Waals surface area contributed by atoms with Crippen molar-refractivity contribution < 1.29 is 39.0 Å². The van der Waals surface area contributed by atoms with Gasteiger partial charge in [0.05, 0.1) is 6.42 Å². The molecule has 1 fully saturated rings. The molecule has 12 heteroatoms. The van der Waals surface area contributed by atoms with E-state index in [2.05, 4.69) is 10.6 Å². The molecule has 4 atom stereocenters. The Morgan fingerprint density at radius 3 is 1.87 bits per heavy atom. The number of aliphatic carboxylic acids is 2. The second kappa shape index (κ2) is 14.7. The SMILES string of the molecule is CC(C)CC(C(=O)N[C@@H](CC(=O)O)C(=O)N[C@H](C(=O)O)c1ccccc1)N1C(=O)N(Cc2ccccc2)C(C)(c2ccccc2)C1=O. The first-order valence-electron chi connectivity index (χ1n) is 15.2. The number of carboxylic acids is 2. The number of carbonyl (C=O) groups excluding carboxylic acids is 4. The van der Waals surface area contributed by atoms with Gasteiger partial charge in [-0.3, -0.25) is 19.2 Å². The first-order chi connectivity index (χ1) is 22.3. The topological polar surface area (TPSA) is 173 Å². The highest BCUT2D eigenvalue weighted by Crippen LogP contribution is 2.40. The number of hydrogen-bond donors (Lipinski definition) is 4. The Bertz CT molecular complexity index is 1620. The maximum atomic E-state index is 14.4. The van der Waals surface area contributed by atoms with Crippen molar-refractivity contribution in [2.45, 2.75) is 63.8 Å². The molecule has 246 valence electrons. The van der Waals surface area contributed by atoms with Crippen molar-refractivity contribution in [1.82, 2.24) is 20.4 Å². The zero-order chi connectivity index (χ0) is 34.3. The fourth-order valence-corrected chi connectivity index (χ4v) is 5.67. The summed E-state index contributed by atoms with van der Waals surface area (Å²) in [6.45, 7) is 5.26. The Kier molecular flexibility index (Phi) is 10.8. The molecule has 0 aliphatic carbocycles. The standard InChI is InChI=1S/C35H38N4O8/c1-22(2)19-27(31(43)36-26(20-28(40)41)30(42)37-29(32(44)45)24-15-9-5-10-16-24)39-33(46)35(3,25-17-11-6-12-18-25)38(34(39)47)21-23-13-7-4-8-14-23/h4-18,22,26-27,29H,19-21H2,1-3H3,(H,36,43)(H,37,42)(H,40,41)(H,44,45)/t26-,27?,29-,35?/m0/s1. The Hall–Kier alpha value is -5.52. The molecule has 3 aromatic carbocycles. The van der Waals surface area contributed by atoms with Gasteiger partial charge in [0.25, 0.3) is 5.91 Å². The van der Waals surface area contributed by atoms with Crippen LogP contribution in [0.3, 0.4) is 0 Å². The predicted octanol–water partition coefficient (Wildman–Crippen LogP) is 3.68. The molecule has 47 heavy (non-hydrogen) atoms. The second-order valence-corrected chi connectivity index (χ2v) is 12.0. The van der Waals surface area contributed by atoms with E-state index in [1.807, 2.05) is 30.3 Å². The summed E-state index contributed by atoms with van der Waals surface area (Å²) >= 11 is 0. The van der Waals surface area contributed by atoms with Crippen molar-refractivity contribution in [3.05, 3.63) is 108 Å². The molecular formula is C35H38N4O8. The minimum atomic E-state index is -1.71. The van der Waals surface area contributed by atoms with Crippen LogP contribution in [0, 0.1) is 5.92 Å². The second-order valence-electron chi connectivity index (χ2n) is 12.0. The van der Waals surface area contributed by atoms with E-state index in [9.17, 15) is 39.0 Å². The normalized spacial score (nSPS) is 18.0. The van der Waals surface area contributed by atoms with Crippen molar-refractivity contribution in [1.29, 1.82) is 0 Å². The van der Waals surface area contributed by atoms with E-state index in [-0.39, 0.29) is 24.4 Å². The summed E-state index contributed by atoms with van der Waals surface area (Å²) in [5.74, 6) is -5.67. The molecule has 12 nitrogen and oxygen atoms in total. The van der Waals surface area contributed by atoms with Crippen LogP contribution in [0.2, 0.25) is 0 Å². The van der Waals surface area contributed by atoms with Gasteiger partial charge in [0.1, 0.15) is 17.6 Å². The zero-order valence-electron chi connectivity index (χ0n) is 26.3. The maximum absolute atomic E-state index is 14.4. The highest BCUT2D eigenvalue weighted by Gasteiger charge is 2.58. The number of amides is 5. The van der Waals surface area contributed by atoms with Gasteiger partial charge in [-0.15, -0.1) is 0 Å². The van der Waals surface area contributed by atoms with Crippen LogP contribution < -0.4 is 10.6 Å². The summed E-state index contributed by atoms with van der Waals surface area (Å²) in [6, 6.07) is 20.2. The Balaban J connectivity index is 1.68. The zero-order valence-corrected chi connectivity index (χ0v) is 26.3. The van der Waals surface area contributed by atoms with Gasteiger partial charge >= 0.3 is 18.0 Å². The van der Waals surface area contributed by atoms with Gasteiger partial charge in [0.15, 0.2) is 6.04 Å². The van der Waals surface area contributed by atoms with Crippen LogP contribution in [-0.2, 0) is 36.1 Å². The minimum Gasteiger partial charge on any atom is -0.481 e. The van der Waals surface area contributed by atoms with Crippen LogP contribution in [-0.4, -0.2) is 67.8 Å². The summed E-state index contributed by atoms with van der Waals surface area (Å²) < 4.78 is 0. The van der Waals surface area contributed by atoms with Gasteiger partial charge in [-0.25, -0.2) is 14.5 Å². The van der Waals surface area contributed by atoms with Gasteiger partial charge in [0.2, 0.25) is 11.8 Å². The molecule has 5 amide bonds. The molecule has 1 heterocycles. The lowest BCUT2D eigenvalue weighted by Crippen LogP contribution is -2.56. The molecule has 4 rings (SSSR count). The Morgan fingerprint density at radius 2 is 1.34 bits per heavy atom. The van der Waals surface area contributed by atoms with Crippen molar-refractivity contribution in [3.63, 3.8) is 0 Å². The molecule has 0 bridgehead atoms. The van der Waals surface area contributed by atoms with Gasteiger partial charge in [-0.05, 0) is 36.0 Å². The third-order valence-electron chi connectivity index (χ3n) is 8.12. The van der Waals surface area contributed by atoms with Crippen molar-refractivity contribution >= 4 is 35.7 Å². The van der Waals surface area contributed by atoms with Crippen molar-refractivity contribution in [3.8, 4) is 0 Å². The number of nitrogens with one attached hydrogen (secondary N) is 2. The van der Waals surface area contributed by atoms with E-state index in [4.69, 9.17) is 0 Å². The van der Waals surface area contributed by atoms with Crippen LogP contribution in [0.1, 0.15) is 56.3 Å². The molecule has 0 radical (unpaired) electrons. The number of carboxylic acid groups (broad SMARTS) is 2. The molecule has 1 aliphatic rings. The van der Waals surface area contributed by atoms with Crippen molar-refractivity contribution in [2.75, 3.05) is 0 Å². The molecule has 0 aromatic heterocycles. The van der Waals surface area contributed by atoms with Gasteiger partial charge < -0.3 is 25.7 Å². The van der Waals surface area contributed by atoms with E-state index in [0.717, 1.165) is 10.5 Å². The molecule has 1 saturated heterocycles. The Morgan fingerprint density at radius 1 is 0.787 bits per heavy atom. The van der Waals surface area contributed by atoms with E-state index >= 15 is 0 Å². The number of carbonyl (C=O) groups is 6. The lowest BCUT2D eigenvalue weighted by molar-refractivity contribution is -0.145. The number of imide groups is 1. The van der Waals surface area contributed by atoms with Gasteiger partial charge in [0, 0.05) is 6.54 Å². The average Bonchev–Trinajstić information content (AvgIpc) is 3.23. The first-order valence-corrected chi connectivity index (χ1v) is 15.2. The molecular weight excluding hydrogens is 604 g/mol. The van der Waals surface area contributed by atoms with E-state index in [1.54, 1.807) is 69.3 Å². The summed E-state index contributed by atoms with van der Waals surface area (Å²) in [4.78, 5) is 82.0. The van der Waals surface area contributed by atoms with Crippen LogP contribution in [0.4, 0.5) is 4.79 Å². The predicted molar refractivity (Wildman–Crippen MR) is 170 cm³/mol. The largest absolute Gasteiger partial charge is 0.481 e. The van der Waals surface area contributed by atoms with Gasteiger partial charge in [-0.1, -0.05) is 105 Å². The van der Waals surface area contributed by atoms with E-state index in [1.165, 1.54) is 17.0 Å². The van der Waals surface area contributed by atoms with Crippen LogP contribution in [0.15, 0.2) is 91.0 Å². The highest BCUT2D eigenvalue weighted by molar-refractivity contribution is 6.10. The summed E-state index contributed by atoms with van der Waals surface area (Å²) in [7, 11) is 0. The lowest BCUT2D eigenvalue weighted by atomic mass is 9.89. The highest BCUT2D eigenvalue weighted by atomic mass is 16.4. The number of urea groups is 1. The van der Waals surface area contributed by atoms with Crippen LogP contribution in [0.25, 0.3) is 0 Å². The quantitative estimate of drug-likeness (QED) is 0.193. The summed E-state index contributed by atoms with van der Waals surface area (Å²) in [5.41, 5.74) is 0.0288. The van der Waals surface area contributed by atoms with Gasteiger partial charge in [-0.2, -0.15) is 0 Å². The molecule has 0 saturated carbocycles.